The second-order valence-electron chi connectivity index (χ2n) is 4.69. The van der Waals surface area contributed by atoms with E-state index in [0.29, 0.717) is 5.92 Å². The second-order valence-corrected chi connectivity index (χ2v) is 4.69. The first-order valence-electron chi connectivity index (χ1n) is 5.84. The summed E-state index contributed by atoms with van der Waals surface area (Å²) in [6.07, 6.45) is 9.27. The molecule has 0 amide bonds. The van der Waals surface area contributed by atoms with Crippen LogP contribution >= 0.6 is 0 Å². The Labute approximate surface area is 91.4 Å². The van der Waals surface area contributed by atoms with E-state index in [-0.39, 0.29) is 6.10 Å². The smallest absolute Gasteiger partial charge is 0.0571 e. The van der Waals surface area contributed by atoms with Gasteiger partial charge < -0.3 is 5.11 Å². The third-order valence-electron chi connectivity index (χ3n) is 3.30. The summed E-state index contributed by atoms with van der Waals surface area (Å²) in [5, 5.41) is 9.88. The van der Waals surface area contributed by atoms with Gasteiger partial charge in [0.1, 0.15) is 0 Å². The maximum Gasteiger partial charge on any atom is 0.0571 e. The summed E-state index contributed by atoms with van der Waals surface area (Å²) in [6.45, 7) is 2.06. The van der Waals surface area contributed by atoms with Crippen molar-refractivity contribution in [3.63, 3.8) is 0 Å². The van der Waals surface area contributed by atoms with E-state index in [4.69, 9.17) is 0 Å². The van der Waals surface area contributed by atoms with Crippen LogP contribution in [0, 0.1) is 12.8 Å². The highest BCUT2D eigenvalue weighted by Crippen LogP contribution is 2.27. The molecule has 15 heavy (non-hydrogen) atoms. The molecule has 0 spiro atoms. The number of aryl methyl sites for hydroxylation is 1. The summed E-state index contributed by atoms with van der Waals surface area (Å²) in [4.78, 5) is 4.19. The van der Waals surface area contributed by atoms with E-state index in [1.807, 2.05) is 12.4 Å². The van der Waals surface area contributed by atoms with Gasteiger partial charge in [-0.2, -0.15) is 0 Å². The van der Waals surface area contributed by atoms with Crippen molar-refractivity contribution in [3.8, 4) is 0 Å². The van der Waals surface area contributed by atoms with Crippen molar-refractivity contribution >= 4 is 0 Å². The highest BCUT2D eigenvalue weighted by Gasteiger charge is 2.22. The molecule has 1 saturated carbocycles. The molecule has 1 aliphatic rings. The highest BCUT2D eigenvalue weighted by atomic mass is 16.3. The zero-order chi connectivity index (χ0) is 10.7. The molecule has 0 radical (unpaired) electrons. The fraction of sp³-hybridized carbons (Fsp3) is 0.615. The predicted octanol–water partition coefficient (Wildman–Crippen LogP) is 2.48. The molecule has 0 bridgehead atoms. The van der Waals surface area contributed by atoms with Crippen molar-refractivity contribution in [1.82, 2.24) is 4.98 Å². The summed E-state index contributed by atoms with van der Waals surface area (Å²) in [6, 6.07) is 2.17. The van der Waals surface area contributed by atoms with Crippen LogP contribution in [0.5, 0.6) is 0 Å². The maximum atomic E-state index is 9.88. The van der Waals surface area contributed by atoms with Gasteiger partial charge in [0.2, 0.25) is 0 Å². The third-order valence-corrected chi connectivity index (χ3v) is 3.30. The summed E-state index contributed by atoms with van der Waals surface area (Å²) in [7, 11) is 0. The second kappa shape index (κ2) is 4.75. The quantitative estimate of drug-likeness (QED) is 0.804. The van der Waals surface area contributed by atoms with Gasteiger partial charge in [-0.1, -0.05) is 18.9 Å². The monoisotopic (exact) mass is 205 g/mol. The minimum Gasteiger partial charge on any atom is -0.393 e. The van der Waals surface area contributed by atoms with Crippen molar-refractivity contribution in [1.29, 1.82) is 0 Å². The Morgan fingerprint density at radius 3 is 2.87 bits per heavy atom. The zero-order valence-corrected chi connectivity index (χ0v) is 9.32. The normalized spacial score (nSPS) is 26.5. The maximum absolute atomic E-state index is 9.88. The van der Waals surface area contributed by atoms with Crippen LogP contribution in [-0.2, 0) is 6.42 Å². The molecule has 1 aromatic heterocycles. The van der Waals surface area contributed by atoms with Gasteiger partial charge in [-0.3, -0.25) is 4.98 Å². The van der Waals surface area contributed by atoms with E-state index in [1.165, 1.54) is 24.0 Å². The molecule has 2 heteroatoms. The lowest BCUT2D eigenvalue weighted by Gasteiger charge is -2.27. The topological polar surface area (TPSA) is 33.1 Å². The minimum absolute atomic E-state index is 0.0979. The number of aromatic nitrogens is 1. The van der Waals surface area contributed by atoms with Crippen molar-refractivity contribution < 1.29 is 5.11 Å². The zero-order valence-electron chi connectivity index (χ0n) is 9.32. The van der Waals surface area contributed by atoms with E-state index in [2.05, 4.69) is 18.0 Å². The van der Waals surface area contributed by atoms with E-state index in [0.717, 1.165) is 19.3 Å². The van der Waals surface area contributed by atoms with E-state index >= 15 is 0 Å². The van der Waals surface area contributed by atoms with E-state index in [9.17, 15) is 5.11 Å². The summed E-state index contributed by atoms with van der Waals surface area (Å²) >= 11 is 0. The van der Waals surface area contributed by atoms with Crippen LogP contribution in [0.2, 0.25) is 0 Å². The van der Waals surface area contributed by atoms with Gasteiger partial charge >= 0.3 is 0 Å². The molecule has 2 unspecified atom stereocenters. The Morgan fingerprint density at radius 1 is 1.33 bits per heavy atom. The number of pyridine rings is 1. The number of aliphatic hydroxyl groups is 1. The first-order valence-corrected chi connectivity index (χ1v) is 5.84. The predicted molar refractivity (Wildman–Crippen MR) is 60.6 cm³/mol. The number of rotatable bonds is 2. The fourth-order valence-electron chi connectivity index (χ4n) is 2.46. The lowest BCUT2D eigenvalue weighted by atomic mass is 9.83. The summed E-state index contributed by atoms with van der Waals surface area (Å²) in [5.41, 5.74) is 2.47. The minimum atomic E-state index is -0.0979. The van der Waals surface area contributed by atoms with Crippen molar-refractivity contribution in [2.45, 2.75) is 45.1 Å². The lowest BCUT2D eigenvalue weighted by molar-refractivity contribution is 0.0700. The first kappa shape index (κ1) is 10.6. The lowest BCUT2D eigenvalue weighted by Crippen LogP contribution is -2.26. The summed E-state index contributed by atoms with van der Waals surface area (Å²) < 4.78 is 0. The van der Waals surface area contributed by atoms with Crippen LogP contribution in [-0.4, -0.2) is 16.2 Å². The van der Waals surface area contributed by atoms with Crippen molar-refractivity contribution in [2.24, 2.45) is 5.92 Å². The fourth-order valence-corrected chi connectivity index (χ4v) is 2.46. The van der Waals surface area contributed by atoms with Crippen LogP contribution in [0.1, 0.15) is 36.8 Å². The number of hydrogen-bond acceptors (Lipinski definition) is 2. The van der Waals surface area contributed by atoms with E-state index < -0.39 is 0 Å². The molecular formula is C13H19NO. The molecule has 0 saturated heterocycles. The molecule has 1 heterocycles. The molecule has 2 atom stereocenters. The van der Waals surface area contributed by atoms with Crippen LogP contribution in [0.3, 0.4) is 0 Å². The molecule has 1 fully saturated rings. The standard InChI is InChI=1S/C13H19NO/c1-10-6-11(9-14-8-10)7-12-4-2-3-5-13(12)15/h6,8-9,12-13,15H,2-5,7H2,1H3. The number of aliphatic hydroxyl groups excluding tert-OH is 1. The van der Waals surface area contributed by atoms with Crippen LogP contribution in [0.4, 0.5) is 0 Å². The SMILES string of the molecule is Cc1cncc(CC2CCCCC2O)c1. The first-order chi connectivity index (χ1) is 7.25. The molecule has 0 aromatic carbocycles. The summed E-state index contributed by atoms with van der Waals surface area (Å²) in [5.74, 6) is 0.447. The Morgan fingerprint density at radius 2 is 2.13 bits per heavy atom. The van der Waals surface area contributed by atoms with Gasteiger partial charge in [0.15, 0.2) is 0 Å². The molecule has 1 aromatic rings. The molecule has 82 valence electrons. The third kappa shape index (κ3) is 2.78. The van der Waals surface area contributed by atoms with Crippen molar-refractivity contribution in [3.05, 3.63) is 29.6 Å². The van der Waals surface area contributed by atoms with Gasteiger partial charge in [-0.05, 0) is 43.2 Å². The molecule has 0 aliphatic heterocycles. The Kier molecular flexibility index (Phi) is 3.37. The van der Waals surface area contributed by atoms with Gasteiger partial charge in [-0.15, -0.1) is 0 Å². The average molecular weight is 205 g/mol. The van der Waals surface area contributed by atoms with Gasteiger partial charge in [-0.25, -0.2) is 0 Å². The number of hydrogen-bond donors (Lipinski definition) is 1. The molecule has 2 nitrogen and oxygen atoms in total. The average Bonchev–Trinajstić information content (AvgIpc) is 2.22. The molecule has 2 rings (SSSR count). The number of nitrogens with zero attached hydrogens (tertiary/aromatic N) is 1. The van der Waals surface area contributed by atoms with Crippen LogP contribution in [0.25, 0.3) is 0 Å². The van der Waals surface area contributed by atoms with Gasteiger partial charge in [0.25, 0.3) is 0 Å². The molecule has 1 N–H and O–H groups in total. The largest absolute Gasteiger partial charge is 0.393 e. The Bertz CT molecular complexity index is 324. The van der Waals surface area contributed by atoms with Crippen LogP contribution in [0.15, 0.2) is 18.5 Å². The highest BCUT2D eigenvalue weighted by molar-refractivity contribution is 5.17. The Hall–Kier alpha value is -0.890. The Balaban J connectivity index is 2.01. The van der Waals surface area contributed by atoms with Crippen LogP contribution < -0.4 is 0 Å². The van der Waals surface area contributed by atoms with Gasteiger partial charge in [0, 0.05) is 12.4 Å². The molecule has 1 aliphatic carbocycles. The molecular weight excluding hydrogens is 186 g/mol. The van der Waals surface area contributed by atoms with Gasteiger partial charge in [0.05, 0.1) is 6.10 Å². The van der Waals surface area contributed by atoms with E-state index in [1.54, 1.807) is 0 Å². The van der Waals surface area contributed by atoms with Crippen molar-refractivity contribution in [2.75, 3.05) is 0 Å².